The van der Waals surface area contributed by atoms with E-state index in [2.05, 4.69) is 19.2 Å². The van der Waals surface area contributed by atoms with Gasteiger partial charge in [-0.1, -0.05) is 50.2 Å². The monoisotopic (exact) mass is 488 g/mol. The molecule has 0 saturated carbocycles. The molecule has 4 rings (SSSR count). The summed E-state index contributed by atoms with van der Waals surface area (Å²) in [4.78, 5) is 13.2. The molecule has 2 heterocycles. The fourth-order valence-corrected chi connectivity index (χ4v) is 6.60. The molecule has 2 aromatic carbocycles. The first kappa shape index (κ1) is 24.7. The van der Waals surface area contributed by atoms with E-state index in [1.165, 1.54) is 22.5 Å². The summed E-state index contributed by atoms with van der Waals surface area (Å²) < 4.78 is 47.3. The minimum absolute atomic E-state index is 0.0473. The molecule has 184 valence electrons. The van der Waals surface area contributed by atoms with E-state index in [1.807, 2.05) is 24.3 Å². The number of nitrogens with zero attached hydrogens (tertiary/aromatic N) is 1. The van der Waals surface area contributed by atoms with E-state index in [4.69, 9.17) is 4.74 Å². The molecule has 8 heteroatoms. The van der Waals surface area contributed by atoms with Gasteiger partial charge in [-0.3, -0.25) is 4.79 Å². The van der Waals surface area contributed by atoms with Gasteiger partial charge in [-0.05, 0) is 37.8 Å². The number of nitrogens with one attached hydrogen (secondary N) is 1. The molecule has 2 aromatic rings. The molecule has 34 heavy (non-hydrogen) atoms. The number of halogens is 1. The molecule has 0 spiro atoms. The predicted molar refractivity (Wildman–Crippen MR) is 129 cm³/mol. The highest BCUT2D eigenvalue weighted by molar-refractivity contribution is 7.88. The molecule has 0 aliphatic carbocycles. The van der Waals surface area contributed by atoms with Gasteiger partial charge in [-0.15, -0.1) is 0 Å². The lowest BCUT2D eigenvalue weighted by Crippen LogP contribution is -2.47. The van der Waals surface area contributed by atoms with Crippen LogP contribution in [0.5, 0.6) is 5.75 Å². The summed E-state index contributed by atoms with van der Waals surface area (Å²) in [6.07, 6.45) is 3.29. The number of sulfonamides is 1. The molecule has 2 aliphatic rings. The van der Waals surface area contributed by atoms with Crippen molar-refractivity contribution >= 4 is 15.9 Å². The summed E-state index contributed by atoms with van der Waals surface area (Å²) in [5.74, 6) is -0.378. The maximum absolute atomic E-state index is 13.9. The lowest BCUT2D eigenvalue weighted by Gasteiger charge is -2.42. The molecule has 1 unspecified atom stereocenters. The molecule has 0 radical (unpaired) electrons. The number of hydrogen-bond donors (Lipinski definition) is 1. The van der Waals surface area contributed by atoms with Gasteiger partial charge < -0.3 is 10.1 Å². The molecular formula is C26H33FN2O4S. The summed E-state index contributed by atoms with van der Waals surface area (Å²) in [5.41, 5.74) is 0.838. The number of hydrogen-bond acceptors (Lipinski definition) is 4. The third kappa shape index (κ3) is 5.13. The Morgan fingerprint density at radius 1 is 1.09 bits per heavy atom. The van der Waals surface area contributed by atoms with E-state index in [-0.39, 0.29) is 47.9 Å². The lowest BCUT2D eigenvalue weighted by molar-refractivity contribution is -0.127. The summed E-state index contributed by atoms with van der Waals surface area (Å²) in [7, 11) is -3.65. The van der Waals surface area contributed by atoms with Crippen molar-refractivity contribution in [3.63, 3.8) is 0 Å². The molecule has 0 bridgehead atoms. The van der Waals surface area contributed by atoms with Crippen molar-refractivity contribution in [2.75, 3.05) is 13.1 Å². The van der Waals surface area contributed by atoms with Crippen molar-refractivity contribution in [1.82, 2.24) is 9.62 Å². The zero-order chi connectivity index (χ0) is 24.3. The minimum atomic E-state index is -3.65. The van der Waals surface area contributed by atoms with Gasteiger partial charge >= 0.3 is 0 Å². The zero-order valence-electron chi connectivity index (χ0n) is 19.8. The van der Waals surface area contributed by atoms with Crippen LogP contribution in [-0.4, -0.2) is 37.3 Å². The number of benzene rings is 2. The number of carbonyl (C=O) groups is 1. The van der Waals surface area contributed by atoms with Crippen molar-refractivity contribution in [2.24, 2.45) is 5.92 Å². The Morgan fingerprint density at radius 3 is 2.41 bits per heavy atom. The molecule has 6 nitrogen and oxygen atoms in total. The highest BCUT2D eigenvalue weighted by Crippen LogP contribution is 2.42. The smallest absolute Gasteiger partial charge is 0.223 e. The van der Waals surface area contributed by atoms with Gasteiger partial charge in [-0.2, -0.15) is 0 Å². The number of ether oxygens (including phenoxy) is 1. The van der Waals surface area contributed by atoms with E-state index < -0.39 is 15.8 Å². The van der Waals surface area contributed by atoms with Crippen LogP contribution in [0.25, 0.3) is 0 Å². The van der Waals surface area contributed by atoms with Gasteiger partial charge in [0.1, 0.15) is 17.2 Å². The van der Waals surface area contributed by atoms with Crippen LogP contribution in [0.1, 0.15) is 63.1 Å². The topological polar surface area (TPSA) is 75.7 Å². The van der Waals surface area contributed by atoms with Crippen LogP contribution in [0, 0.1) is 11.7 Å². The van der Waals surface area contributed by atoms with E-state index in [1.54, 1.807) is 6.07 Å². The number of rotatable bonds is 7. The van der Waals surface area contributed by atoms with Crippen LogP contribution >= 0.6 is 0 Å². The van der Waals surface area contributed by atoms with E-state index in [0.29, 0.717) is 19.3 Å². The van der Waals surface area contributed by atoms with Crippen molar-refractivity contribution in [3.05, 3.63) is 65.5 Å². The van der Waals surface area contributed by atoms with Gasteiger partial charge in [0.05, 0.1) is 11.8 Å². The summed E-state index contributed by atoms with van der Waals surface area (Å²) in [6.45, 7) is 4.72. The summed E-state index contributed by atoms with van der Waals surface area (Å²) >= 11 is 0. The first-order valence-corrected chi connectivity index (χ1v) is 13.7. The molecular weight excluding hydrogens is 455 g/mol. The number of piperidine rings is 1. The van der Waals surface area contributed by atoms with Gasteiger partial charge in [0.15, 0.2) is 0 Å². The molecule has 1 fully saturated rings. The fourth-order valence-electron chi connectivity index (χ4n) is 5.02. The number of carbonyl (C=O) groups excluding carboxylic acids is 1. The SMILES string of the molecule is CCC1(CC)CC(NC(=O)C2CCN(S(=O)(=O)Cc3ccccc3F)CC2)c2ccccc2O1. The summed E-state index contributed by atoms with van der Waals surface area (Å²) in [6, 6.07) is 13.6. The highest BCUT2D eigenvalue weighted by atomic mass is 32.2. The Labute approximate surface area is 201 Å². The Bertz CT molecular complexity index is 1130. The first-order valence-electron chi connectivity index (χ1n) is 12.1. The van der Waals surface area contributed by atoms with Gasteiger partial charge in [0.25, 0.3) is 0 Å². The molecule has 1 saturated heterocycles. The molecule has 2 aliphatic heterocycles. The Balaban J connectivity index is 1.40. The van der Waals surface area contributed by atoms with Crippen LogP contribution in [0.3, 0.4) is 0 Å². The average molecular weight is 489 g/mol. The first-order chi connectivity index (χ1) is 16.3. The van der Waals surface area contributed by atoms with Gasteiger partial charge in [-0.25, -0.2) is 17.1 Å². The summed E-state index contributed by atoms with van der Waals surface area (Å²) in [5, 5.41) is 3.23. The van der Waals surface area contributed by atoms with Crippen molar-refractivity contribution in [2.45, 2.75) is 63.3 Å². The second-order valence-electron chi connectivity index (χ2n) is 9.32. The number of amides is 1. The van der Waals surface area contributed by atoms with Gasteiger partial charge in [0.2, 0.25) is 15.9 Å². The Morgan fingerprint density at radius 2 is 1.74 bits per heavy atom. The van der Waals surface area contributed by atoms with Crippen LogP contribution in [-0.2, 0) is 20.6 Å². The largest absolute Gasteiger partial charge is 0.487 e. The number of para-hydroxylation sites is 1. The maximum atomic E-state index is 13.9. The quantitative estimate of drug-likeness (QED) is 0.620. The molecule has 1 atom stereocenters. The van der Waals surface area contributed by atoms with Gasteiger partial charge in [0, 0.05) is 36.6 Å². The zero-order valence-corrected chi connectivity index (χ0v) is 20.6. The molecule has 1 amide bonds. The normalized spacial score (nSPS) is 20.9. The van der Waals surface area contributed by atoms with Crippen molar-refractivity contribution in [1.29, 1.82) is 0 Å². The van der Waals surface area contributed by atoms with E-state index in [9.17, 15) is 17.6 Å². The minimum Gasteiger partial charge on any atom is -0.487 e. The van der Waals surface area contributed by atoms with Crippen LogP contribution in [0.4, 0.5) is 4.39 Å². The maximum Gasteiger partial charge on any atom is 0.223 e. The van der Waals surface area contributed by atoms with Crippen molar-refractivity contribution in [3.8, 4) is 5.75 Å². The van der Waals surface area contributed by atoms with E-state index in [0.717, 1.165) is 24.2 Å². The second-order valence-corrected chi connectivity index (χ2v) is 11.3. The third-order valence-corrected chi connectivity index (χ3v) is 9.14. The fraction of sp³-hybridized carbons (Fsp3) is 0.500. The van der Waals surface area contributed by atoms with Crippen LogP contribution in [0.15, 0.2) is 48.5 Å². The average Bonchev–Trinajstić information content (AvgIpc) is 2.85. The lowest BCUT2D eigenvalue weighted by atomic mass is 9.83. The highest BCUT2D eigenvalue weighted by Gasteiger charge is 2.40. The molecule has 1 N–H and O–H groups in total. The molecule has 0 aromatic heterocycles. The van der Waals surface area contributed by atoms with Crippen LogP contribution in [0.2, 0.25) is 0 Å². The Kier molecular flexibility index (Phi) is 7.28. The van der Waals surface area contributed by atoms with Crippen LogP contribution < -0.4 is 10.1 Å². The standard InChI is InChI=1S/C26H33FN2O4S/c1-3-26(4-2)17-23(21-10-6-8-12-24(21)33-26)28-25(30)19-13-15-29(16-14-19)34(31,32)18-20-9-5-7-11-22(20)27/h5-12,19,23H,3-4,13-18H2,1-2H3,(H,28,30). The Hall–Kier alpha value is -2.45. The second kappa shape index (κ2) is 10.0. The predicted octanol–water partition coefficient (Wildman–Crippen LogP) is 4.57. The third-order valence-electron chi connectivity index (χ3n) is 7.32. The van der Waals surface area contributed by atoms with Crippen molar-refractivity contribution < 1.29 is 22.3 Å². The number of fused-ring (bicyclic) bond motifs is 1. The van der Waals surface area contributed by atoms with E-state index >= 15 is 0 Å².